The third kappa shape index (κ3) is 4.92. The lowest BCUT2D eigenvalue weighted by atomic mass is 10.1. The molecule has 1 aromatic rings. The molecular formula is C14H17BrN2O2. The average Bonchev–Trinajstić information content (AvgIpc) is 2.29. The van der Waals surface area contributed by atoms with Gasteiger partial charge in [-0.05, 0) is 45.9 Å². The van der Waals surface area contributed by atoms with E-state index in [-0.39, 0.29) is 11.4 Å². The van der Waals surface area contributed by atoms with Crippen molar-refractivity contribution in [2.75, 3.05) is 0 Å². The molecule has 0 aliphatic heterocycles. The molecule has 0 radical (unpaired) electrons. The summed E-state index contributed by atoms with van der Waals surface area (Å²) in [5.41, 5.74) is 0.0803. The summed E-state index contributed by atoms with van der Waals surface area (Å²) in [5, 5.41) is 11.9. The fourth-order valence-corrected chi connectivity index (χ4v) is 1.77. The van der Waals surface area contributed by atoms with E-state index < -0.39 is 6.10 Å². The van der Waals surface area contributed by atoms with Gasteiger partial charge in [0.15, 0.2) is 6.10 Å². The average molecular weight is 325 g/mol. The largest absolute Gasteiger partial charge is 0.480 e. The quantitative estimate of drug-likeness (QED) is 0.929. The smallest absolute Gasteiger partial charge is 0.261 e. The van der Waals surface area contributed by atoms with Crippen molar-refractivity contribution < 1.29 is 9.53 Å². The number of nitrogens with zero attached hydrogens (tertiary/aromatic N) is 1. The van der Waals surface area contributed by atoms with Crippen LogP contribution < -0.4 is 10.1 Å². The molecule has 4 nitrogen and oxygen atoms in total. The van der Waals surface area contributed by atoms with Crippen LogP contribution in [0.1, 0.15) is 33.3 Å². The van der Waals surface area contributed by atoms with Crippen LogP contribution in [0.15, 0.2) is 22.7 Å². The van der Waals surface area contributed by atoms with Crippen molar-refractivity contribution in [1.82, 2.24) is 5.32 Å². The van der Waals surface area contributed by atoms with Crippen LogP contribution in [0, 0.1) is 11.3 Å². The highest BCUT2D eigenvalue weighted by Crippen LogP contribution is 2.23. The number of benzene rings is 1. The maximum absolute atomic E-state index is 11.9. The summed E-state index contributed by atoms with van der Waals surface area (Å²) in [6, 6.07) is 7.14. The van der Waals surface area contributed by atoms with Crippen LogP contribution in [0.3, 0.4) is 0 Å². The number of hydrogen-bond acceptors (Lipinski definition) is 3. The first kappa shape index (κ1) is 15.5. The molecule has 102 valence electrons. The second-order valence-corrected chi connectivity index (χ2v) is 6.17. The first-order chi connectivity index (χ1) is 8.73. The van der Waals surface area contributed by atoms with Gasteiger partial charge in [-0.3, -0.25) is 4.79 Å². The Morgan fingerprint density at radius 1 is 1.47 bits per heavy atom. The van der Waals surface area contributed by atoms with Gasteiger partial charge in [-0.2, -0.15) is 5.26 Å². The summed E-state index contributed by atoms with van der Waals surface area (Å²) in [5.74, 6) is 0.196. The number of ether oxygens (including phenoxy) is 1. The van der Waals surface area contributed by atoms with Gasteiger partial charge in [0.05, 0.1) is 5.56 Å². The van der Waals surface area contributed by atoms with Crippen LogP contribution in [0.25, 0.3) is 0 Å². The van der Waals surface area contributed by atoms with Crippen LogP contribution in [0.2, 0.25) is 0 Å². The lowest BCUT2D eigenvalue weighted by Crippen LogP contribution is -2.46. The molecule has 0 aromatic heterocycles. The standard InChI is InChI=1S/C14H17BrN2O2/c1-9(13(18)17-14(2,3)4)19-12-6-5-11(15)7-10(12)8-16/h5-7,9H,1-4H3,(H,17,18). The minimum absolute atomic E-state index is 0.209. The van der Waals surface area contributed by atoms with Crippen molar-refractivity contribution in [1.29, 1.82) is 5.26 Å². The van der Waals surface area contributed by atoms with Gasteiger partial charge in [-0.25, -0.2) is 0 Å². The number of carbonyl (C=O) groups excluding carboxylic acids is 1. The van der Waals surface area contributed by atoms with Crippen LogP contribution in [0.5, 0.6) is 5.75 Å². The molecule has 1 atom stereocenters. The maximum Gasteiger partial charge on any atom is 0.261 e. The number of carbonyl (C=O) groups is 1. The van der Waals surface area contributed by atoms with Crippen molar-refractivity contribution in [2.45, 2.75) is 39.3 Å². The number of nitriles is 1. The fraction of sp³-hybridized carbons (Fsp3) is 0.429. The van der Waals surface area contributed by atoms with E-state index >= 15 is 0 Å². The lowest BCUT2D eigenvalue weighted by Gasteiger charge is -2.23. The number of hydrogen-bond donors (Lipinski definition) is 1. The minimum atomic E-state index is -0.660. The normalized spacial score (nSPS) is 12.4. The zero-order chi connectivity index (χ0) is 14.6. The topological polar surface area (TPSA) is 62.1 Å². The first-order valence-corrected chi connectivity index (χ1v) is 6.70. The van der Waals surface area contributed by atoms with Crippen LogP contribution in [-0.2, 0) is 4.79 Å². The Kier molecular flexibility index (Phi) is 4.96. The van der Waals surface area contributed by atoms with Crippen molar-refractivity contribution in [2.24, 2.45) is 0 Å². The Hall–Kier alpha value is -1.54. The summed E-state index contributed by atoms with van der Waals surface area (Å²) in [4.78, 5) is 11.9. The van der Waals surface area contributed by atoms with Crippen LogP contribution in [-0.4, -0.2) is 17.6 Å². The molecule has 1 amide bonds. The van der Waals surface area contributed by atoms with Gasteiger partial charge in [0.1, 0.15) is 11.8 Å². The molecule has 0 aliphatic rings. The first-order valence-electron chi connectivity index (χ1n) is 5.91. The highest BCUT2D eigenvalue weighted by Gasteiger charge is 2.21. The number of rotatable bonds is 3. The van der Waals surface area contributed by atoms with Gasteiger partial charge in [-0.1, -0.05) is 15.9 Å². The molecule has 1 aromatic carbocycles. The molecule has 1 N–H and O–H groups in total. The zero-order valence-electron chi connectivity index (χ0n) is 11.5. The van der Waals surface area contributed by atoms with E-state index in [0.717, 1.165) is 4.47 Å². The second-order valence-electron chi connectivity index (χ2n) is 5.25. The van der Waals surface area contributed by atoms with Crippen LogP contribution >= 0.6 is 15.9 Å². The number of nitrogens with one attached hydrogen (secondary N) is 1. The lowest BCUT2D eigenvalue weighted by molar-refractivity contribution is -0.128. The van der Waals surface area contributed by atoms with E-state index in [1.807, 2.05) is 26.8 Å². The summed E-state index contributed by atoms with van der Waals surface area (Å²) >= 11 is 3.29. The van der Waals surface area contributed by atoms with Crippen molar-refractivity contribution in [3.8, 4) is 11.8 Å². The fourth-order valence-electron chi connectivity index (χ4n) is 1.41. The van der Waals surface area contributed by atoms with Crippen molar-refractivity contribution >= 4 is 21.8 Å². The predicted molar refractivity (Wildman–Crippen MR) is 76.8 cm³/mol. The number of halogens is 1. The molecule has 0 bridgehead atoms. The summed E-state index contributed by atoms with van der Waals surface area (Å²) in [6.07, 6.45) is -0.660. The van der Waals surface area contributed by atoms with E-state index in [9.17, 15) is 4.79 Å². The van der Waals surface area contributed by atoms with Gasteiger partial charge in [0.25, 0.3) is 5.91 Å². The third-order valence-corrected chi connectivity index (χ3v) is 2.73. The summed E-state index contributed by atoms with van der Waals surface area (Å²) in [6.45, 7) is 7.36. The van der Waals surface area contributed by atoms with E-state index in [0.29, 0.717) is 11.3 Å². The molecule has 1 unspecified atom stereocenters. The zero-order valence-corrected chi connectivity index (χ0v) is 13.0. The van der Waals surface area contributed by atoms with Gasteiger partial charge >= 0.3 is 0 Å². The Morgan fingerprint density at radius 3 is 2.63 bits per heavy atom. The molecule has 0 saturated heterocycles. The van der Waals surface area contributed by atoms with Gasteiger partial charge in [-0.15, -0.1) is 0 Å². The van der Waals surface area contributed by atoms with Crippen LogP contribution in [0.4, 0.5) is 0 Å². The van der Waals surface area contributed by atoms with Crippen molar-refractivity contribution in [3.63, 3.8) is 0 Å². The third-order valence-electron chi connectivity index (χ3n) is 2.23. The van der Waals surface area contributed by atoms with E-state index in [1.54, 1.807) is 25.1 Å². The molecule has 0 aliphatic carbocycles. The highest BCUT2D eigenvalue weighted by atomic mass is 79.9. The van der Waals surface area contributed by atoms with Gasteiger partial charge < -0.3 is 10.1 Å². The monoisotopic (exact) mass is 324 g/mol. The Labute approximate surface area is 121 Å². The molecule has 19 heavy (non-hydrogen) atoms. The van der Waals surface area contributed by atoms with E-state index in [4.69, 9.17) is 10.00 Å². The summed E-state index contributed by atoms with van der Waals surface area (Å²) < 4.78 is 6.34. The Morgan fingerprint density at radius 2 is 2.11 bits per heavy atom. The molecule has 1 rings (SSSR count). The summed E-state index contributed by atoms with van der Waals surface area (Å²) in [7, 11) is 0. The minimum Gasteiger partial charge on any atom is -0.480 e. The number of amides is 1. The Bertz CT molecular complexity index is 515. The van der Waals surface area contributed by atoms with Gasteiger partial charge in [0, 0.05) is 10.0 Å². The molecule has 0 heterocycles. The maximum atomic E-state index is 11.9. The molecule has 0 saturated carbocycles. The van der Waals surface area contributed by atoms with E-state index in [1.165, 1.54) is 0 Å². The predicted octanol–water partition coefficient (Wildman–Crippen LogP) is 3.00. The van der Waals surface area contributed by atoms with Crippen molar-refractivity contribution in [3.05, 3.63) is 28.2 Å². The second kappa shape index (κ2) is 6.07. The van der Waals surface area contributed by atoms with E-state index in [2.05, 4.69) is 21.2 Å². The molecule has 5 heteroatoms. The molecular weight excluding hydrogens is 308 g/mol. The SMILES string of the molecule is CC(Oc1ccc(Br)cc1C#N)C(=O)NC(C)(C)C. The molecule has 0 spiro atoms. The highest BCUT2D eigenvalue weighted by molar-refractivity contribution is 9.10. The molecule has 0 fully saturated rings. The Balaban J connectivity index is 2.80. The van der Waals surface area contributed by atoms with Gasteiger partial charge in [0.2, 0.25) is 0 Å².